The molecule has 0 aliphatic carbocycles. The van der Waals surface area contributed by atoms with Crippen LogP contribution in [-0.2, 0) is 17.9 Å². The first-order valence-corrected chi connectivity index (χ1v) is 18.3. The third-order valence-electron chi connectivity index (χ3n) is 10.6. The minimum atomic E-state index is 0.295. The first-order chi connectivity index (χ1) is 22.1. The molecule has 1 aliphatic heterocycles. The topological polar surface area (TPSA) is 23.6 Å². The molecule has 0 spiro atoms. The van der Waals surface area contributed by atoms with Gasteiger partial charge in [0.25, 0.3) is 0 Å². The zero-order valence-corrected chi connectivity index (χ0v) is 30.3. The Morgan fingerprint density at radius 3 is 1.96 bits per heavy atom. The number of rotatable bonds is 17. The molecule has 0 aromatic heterocycles. The van der Waals surface area contributed by atoms with Crippen molar-refractivity contribution in [3.63, 3.8) is 0 Å². The summed E-state index contributed by atoms with van der Waals surface area (Å²) < 4.78 is 0. The highest BCUT2D eigenvalue weighted by molar-refractivity contribution is 5.78. The molecule has 1 saturated heterocycles. The van der Waals surface area contributed by atoms with E-state index in [4.69, 9.17) is 0 Å². The highest BCUT2D eigenvalue weighted by Crippen LogP contribution is 2.38. The Bertz CT molecular complexity index is 1350. The molecule has 0 radical (unpaired) electrons. The second-order valence-corrected chi connectivity index (χ2v) is 14.9. The number of nitrogens with zero attached hydrogens (tertiary/aromatic N) is 2. The Labute approximate surface area is 281 Å². The standard InChI is InChI=1S/C43H62N2O/c1-9-32(5)36-18-20-37(21-19-36)33(6)26-39(28-41(10-2)45-24-14-17-43(45)46)38-22-23-42(34(7)25-31(3)4)40(27-38)30-44(8)29-35-15-12-11-13-16-35/h11-13,15-16,18-23,27,31-34,39,41H,9-10,14,17,24-26,28-30H2,1-8H3. The summed E-state index contributed by atoms with van der Waals surface area (Å²) in [5.74, 6) is 2.94. The zero-order valence-electron chi connectivity index (χ0n) is 30.3. The van der Waals surface area contributed by atoms with Crippen molar-refractivity contribution in [2.24, 2.45) is 5.92 Å². The maximum Gasteiger partial charge on any atom is 0.222 e. The summed E-state index contributed by atoms with van der Waals surface area (Å²) in [6.07, 6.45) is 7.19. The largest absolute Gasteiger partial charge is 0.340 e. The normalized spacial score (nSPS) is 17.0. The molecular formula is C43H62N2O. The second kappa shape index (κ2) is 17.3. The number of carbonyl (C=O) groups excluding carboxylic acids is 1. The highest BCUT2D eigenvalue weighted by atomic mass is 16.2. The molecule has 1 amide bonds. The van der Waals surface area contributed by atoms with Gasteiger partial charge in [0.2, 0.25) is 5.91 Å². The van der Waals surface area contributed by atoms with E-state index in [9.17, 15) is 4.79 Å². The van der Waals surface area contributed by atoms with Crippen LogP contribution in [0.1, 0.15) is 150 Å². The van der Waals surface area contributed by atoms with E-state index in [1.54, 1.807) is 0 Å². The Morgan fingerprint density at radius 1 is 0.717 bits per heavy atom. The number of hydrogen-bond donors (Lipinski definition) is 0. The monoisotopic (exact) mass is 622 g/mol. The van der Waals surface area contributed by atoms with Crippen LogP contribution in [0, 0.1) is 5.92 Å². The van der Waals surface area contributed by atoms with Gasteiger partial charge in [0.1, 0.15) is 0 Å². The molecule has 0 saturated carbocycles. The molecule has 4 rings (SSSR count). The quantitative estimate of drug-likeness (QED) is 0.149. The van der Waals surface area contributed by atoms with Crippen LogP contribution in [-0.4, -0.2) is 35.3 Å². The van der Waals surface area contributed by atoms with Gasteiger partial charge in [-0.05, 0) is 109 Å². The maximum atomic E-state index is 12.9. The fraction of sp³-hybridized carbons (Fsp3) is 0.558. The predicted molar refractivity (Wildman–Crippen MR) is 196 cm³/mol. The van der Waals surface area contributed by atoms with Gasteiger partial charge in [-0.25, -0.2) is 0 Å². The van der Waals surface area contributed by atoms with E-state index in [2.05, 4.69) is 138 Å². The third-order valence-corrected chi connectivity index (χ3v) is 10.6. The fourth-order valence-electron chi connectivity index (χ4n) is 7.79. The van der Waals surface area contributed by atoms with E-state index < -0.39 is 0 Å². The molecule has 0 N–H and O–H groups in total. The number of hydrogen-bond acceptors (Lipinski definition) is 2. The Kier molecular flexibility index (Phi) is 13.5. The first kappa shape index (κ1) is 35.9. The van der Waals surface area contributed by atoms with Crippen molar-refractivity contribution in [1.29, 1.82) is 0 Å². The summed E-state index contributed by atoms with van der Waals surface area (Å²) in [6, 6.07) is 28.0. The van der Waals surface area contributed by atoms with Crippen molar-refractivity contribution in [3.05, 3.63) is 106 Å². The molecule has 1 heterocycles. The van der Waals surface area contributed by atoms with Gasteiger partial charge in [-0.3, -0.25) is 9.69 Å². The lowest BCUT2D eigenvalue weighted by atomic mass is 9.79. The Morgan fingerprint density at radius 2 is 1.37 bits per heavy atom. The molecule has 5 atom stereocenters. The van der Waals surface area contributed by atoms with E-state index >= 15 is 0 Å². The van der Waals surface area contributed by atoms with Crippen molar-refractivity contribution in [2.75, 3.05) is 13.6 Å². The molecule has 3 nitrogen and oxygen atoms in total. The van der Waals surface area contributed by atoms with E-state index in [0.29, 0.717) is 48.0 Å². The van der Waals surface area contributed by atoms with Crippen molar-refractivity contribution in [2.45, 2.75) is 136 Å². The lowest BCUT2D eigenvalue weighted by Crippen LogP contribution is -2.37. The molecule has 3 heteroatoms. The van der Waals surface area contributed by atoms with Crippen molar-refractivity contribution >= 4 is 5.91 Å². The van der Waals surface area contributed by atoms with Gasteiger partial charge in [-0.2, -0.15) is 0 Å². The molecule has 1 aliphatic rings. The smallest absolute Gasteiger partial charge is 0.222 e. The van der Waals surface area contributed by atoms with Gasteiger partial charge < -0.3 is 4.90 Å². The van der Waals surface area contributed by atoms with Crippen molar-refractivity contribution in [3.8, 4) is 0 Å². The summed E-state index contributed by atoms with van der Waals surface area (Å²) in [7, 11) is 2.26. The van der Waals surface area contributed by atoms with E-state index in [0.717, 1.165) is 45.3 Å². The first-order valence-electron chi connectivity index (χ1n) is 18.3. The second-order valence-electron chi connectivity index (χ2n) is 14.9. The molecule has 3 aromatic rings. The van der Waals surface area contributed by atoms with Crippen LogP contribution in [0.15, 0.2) is 72.8 Å². The molecule has 250 valence electrons. The van der Waals surface area contributed by atoms with Crippen molar-refractivity contribution in [1.82, 2.24) is 9.80 Å². The van der Waals surface area contributed by atoms with Crippen LogP contribution in [0.5, 0.6) is 0 Å². The zero-order chi connectivity index (χ0) is 33.2. The fourth-order valence-corrected chi connectivity index (χ4v) is 7.79. The lowest BCUT2D eigenvalue weighted by Gasteiger charge is -2.33. The van der Waals surface area contributed by atoms with Gasteiger partial charge >= 0.3 is 0 Å². The SMILES string of the molecule is CCC(C)c1ccc(C(C)CC(CC(CC)N2CCCC2=O)c2ccc(C(C)CC(C)C)c(CN(C)Cc3ccccc3)c2)cc1. The number of likely N-dealkylation sites (tertiary alicyclic amines) is 1. The number of carbonyl (C=O) groups is 1. The van der Waals surface area contributed by atoms with E-state index in [-0.39, 0.29) is 0 Å². The maximum absolute atomic E-state index is 12.9. The van der Waals surface area contributed by atoms with Crippen LogP contribution < -0.4 is 0 Å². The van der Waals surface area contributed by atoms with Gasteiger partial charge in [0.05, 0.1) is 0 Å². The summed E-state index contributed by atoms with van der Waals surface area (Å²) in [6.45, 7) is 19.1. The third kappa shape index (κ3) is 9.80. The van der Waals surface area contributed by atoms with Crippen LogP contribution in [0.2, 0.25) is 0 Å². The minimum Gasteiger partial charge on any atom is -0.340 e. The molecule has 5 unspecified atom stereocenters. The van der Waals surface area contributed by atoms with Gasteiger partial charge in [-0.15, -0.1) is 0 Å². The predicted octanol–water partition coefficient (Wildman–Crippen LogP) is 11.1. The summed E-state index contributed by atoms with van der Waals surface area (Å²) >= 11 is 0. The number of benzene rings is 3. The molecule has 1 fully saturated rings. The van der Waals surface area contributed by atoms with Crippen LogP contribution in [0.25, 0.3) is 0 Å². The van der Waals surface area contributed by atoms with Gasteiger partial charge in [0.15, 0.2) is 0 Å². The summed E-state index contributed by atoms with van der Waals surface area (Å²) in [5.41, 5.74) is 8.61. The van der Waals surface area contributed by atoms with Gasteiger partial charge in [-0.1, -0.05) is 121 Å². The molecule has 3 aromatic carbocycles. The van der Waals surface area contributed by atoms with E-state index in [1.807, 2.05) is 0 Å². The van der Waals surface area contributed by atoms with E-state index in [1.165, 1.54) is 46.2 Å². The average molecular weight is 623 g/mol. The lowest BCUT2D eigenvalue weighted by molar-refractivity contribution is -0.129. The highest BCUT2D eigenvalue weighted by Gasteiger charge is 2.30. The van der Waals surface area contributed by atoms with Gasteiger partial charge in [0, 0.05) is 32.1 Å². The van der Waals surface area contributed by atoms with Crippen LogP contribution in [0.3, 0.4) is 0 Å². The van der Waals surface area contributed by atoms with Crippen LogP contribution >= 0.6 is 0 Å². The van der Waals surface area contributed by atoms with Crippen LogP contribution in [0.4, 0.5) is 0 Å². The summed E-state index contributed by atoms with van der Waals surface area (Å²) in [4.78, 5) is 17.6. The molecule has 46 heavy (non-hydrogen) atoms. The summed E-state index contributed by atoms with van der Waals surface area (Å²) in [5, 5.41) is 0. The molecular weight excluding hydrogens is 560 g/mol. The Hall–Kier alpha value is -2.91. The average Bonchev–Trinajstić information content (AvgIpc) is 3.47. The number of amides is 1. The Balaban J connectivity index is 1.67. The van der Waals surface area contributed by atoms with Crippen molar-refractivity contribution < 1.29 is 4.79 Å². The minimum absolute atomic E-state index is 0.295. The molecule has 0 bridgehead atoms.